The van der Waals surface area contributed by atoms with Crippen molar-refractivity contribution in [2.45, 2.75) is 25.4 Å². The predicted octanol–water partition coefficient (Wildman–Crippen LogP) is 1.64. The van der Waals surface area contributed by atoms with Gasteiger partial charge in [-0.05, 0) is 11.6 Å². The van der Waals surface area contributed by atoms with Crippen LogP contribution in [0.2, 0.25) is 0 Å². The summed E-state index contributed by atoms with van der Waals surface area (Å²) in [7, 11) is 0. The van der Waals surface area contributed by atoms with Crippen LogP contribution >= 0.6 is 15.9 Å². The number of aliphatic hydroxyl groups is 1. The zero-order chi connectivity index (χ0) is 12.9. The van der Waals surface area contributed by atoms with Crippen LogP contribution in [-0.2, 0) is 5.41 Å². The van der Waals surface area contributed by atoms with Crippen molar-refractivity contribution in [3.05, 3.63) is 34.3 Å². The summed E-state index contributed by atoms with van der Waals surface area (Å²) in [5.74, 6) is 0. The first-order valence-corrected chi connectivity index (χ1v) is 6.60. The molecule has 0 fully saturated rings. The van der Waals surface area contributed by atoms with Crippen LogP contribution in [0.25, 0.3) is 0 Å². The van der Waals surface area contributed by atoms with Crippen molar-refractivity contribution in [1.29, 1.82) is 0 Å². The maximum Gasteiger partial charge on any atom is 0.0786 e. The van der Waals surface area contributed by atoms with Gasteiger partial charge in [-0.1, -0.05) is 48.0 Å². The fraction of sp³-hybridized carbons (Fsp3) is 0.538. The minimum atomic E-state index is -0.468. The zero-order valence-corrected chi connectivity index (χ0v) is 12.0. The highest BCUT2D eigenvalue weighted by Gasteiger charge is 2.22. The Morgan fingerprint density at radius 3 is 2.65 bits per heavy atom. The van der Waals surface area contributed by atoms with Crippen LogP contribution in [0.3, 0.4) is 0 Å². The maximum absolute atomic E-state index is 9.38. The molecule has 96 valence electrons. The summed E-state index contributed by atoms with van der Waals surface area (Å²) in [4.78, 5) is 0. The van der Waals surface area contributed by atoms with Crippen molar-refractivity contribution in [3.8, 4) is 0 Å². The van der Waals surface area contributed by atoms with Gasteiger partial charge in [0.2, 0.25) is 0 Å². The molecule has 1 aromatic rings. The number of nitrogens with one attached hydrogen (secondary N) is 1. The van der Waals surface area contributed by atoms with Crippen molar-refractivity contribution in [3.63, 3.8) is 0 Å². The summed E-state index contributed by atoms with van der Waals surface area (Å²) in [5, 5.41) is 12.6. The molecule has 0 aromatic heterocycles. The third-order valence-electron chi connectivity index (χ3n) is 2.82. The molecule has 0 saturated carbocycles. The van der Waals surface area contributed by atoms with Gasteiger partial charge in [-0.2, -0.15) is 0 Å². The summed E-state index contributed by atoms with van der Waals surface area (Å²) in [6, 6.07) is 8.21. The summed E-state index contributed by atoms with van der Waals surface area (Å²) >= 11 is 3.57. The summed E-state index contributed by atoms with van der Waals surface area (Å²) in [5.41, 5.74) is 6.63. The third-order valence-corrected chi connectivity index (χ3v) is 3.51. The van der Waals surface area contributed by atoms with E-state index in [1.807, 2.05) is 18.2 Å². The standard InChI is InChI=1S/C13H21BrN2O/c1-13(2,9-16-8-10(17)7-15)11-5-3-4-6-12(11)14/h3-6,10,16-17H,7-9,15H2,1-2H3. The second-order valence-electron chi connectivity index (χ2n) is 4.88. The smallest absolute Gasteiger partial charge is 0.0786 e. The minimum Gasteiger partial charge on any atom is -0.390 e. The highest BCUT2D eigenvalue weighted by molar-refractivity contribution is 9.10. The molecule has 3 nitrogen and oxygen atoms in total. The number of hydrogen-bond acceptors (Lipinski definition) is 3. The second kappa shape index (κ2) is 6.50. The molecule has 17 heavy (non-hydrogen) atoms. The normalized spacial score (nSPS) is 13.7. The summed E-state index contributed by atoms with van der Waals surface area (Å²) < 4.78 is 1.12. The second-order valence-corrected chi connectivity index (χ2v) is 5.74. The molecule has 0 amide bonds. The molecule has 0 bridgehead atoms. The van der Waals surface area contributed by atoms with Crippen LogP contribution in [0.1, 0.15) is 19.4 Å². The molecule has 4 heteroatoms. The number of benzene rings is 1. The van der Waals surface area contributed by atoms with Crippen LogP contribution in [0.4, 0.5) is 0 Å². The van der Waals surface area contributed by atoms with Crippen molar-refractivity contribution in [2.24, 2.45) is 5.73 Å². The molecule has 0 saturated heterocycles. The summed E-state index contributed by atoms with van der Waals surface area (Å²) in [6.45, 7) is 5.98. The van der Waals surface area contributed by atoms with E-state index >= 15 is 0 Å². The molecule has 1 rings (SSSR count). The van der Waals surface area contributed by atoms with Crippen LogP contribution in [0.15, 0.2) is 28.7 Å². The molecule has 0 spiro atoms. The summed E-state index contributed by atoms with van der Waals surface area (Å²) in [6.07, 6.45) is -0.468. The van der Waals surface area contributed by atoms with E-state index in [-0.39, 0.29) is 5.41 Å². The lowest BCUT2D eigenvalue weighted by Crippen LogP contribution is -2.39. The predicted molar refractivity (Wildman–Crippen MR) is 75.1 cm³/mol. The largest absolute Gasteiger partial charge is 0.390 e. The monoisotopic (exact) mass is 300 g/mol. The molecule has 0 aliphatic rings. The van der Waals surface area contributed by atoms with E-state index in [0.717, 1.165) is 11.0 Å². The average Bonchev–Trinajstić information content (AvgIpc) is 2.28. The van der Waals surface area contributed by atoms with Crippen molar-refractivity contribution in [2.75, 3.05) is 19.6 Å². The first kappa shape index (κ1) is 14.6. The first-order valence-electron chi connectivity index (χ1n) is 5.81. The van der Waals surface area contributed by atoms with Crippen LogP contribution < -0.4 is 11.1 Å². The molecule has 1 aromatic carbocycles. The molecule has 0 aliphatic heterocycles. The van der Waals surface area contributed by atoms with Gasteiger partial charge in [0.25, 0.3) is 0 Å². The lowest BCUT2D eigenvalue weighted by Gasteiger charge is -2.27. The Morgan fingerprint density at radius 2 is 2.06 bits per heavy atom. The van der Waals surface area contributed by atoms with Gasteiger partial charge in [0.05, 0.1) is 6.10 Å². The van der Waals surface area contributed by atoms with Crippen molar-refractivity contribution >= 4 is 15.9 Å². The van der Waals surface area contributed by atoms with Gasteiger partial charge in [0.15, 0.2) is 0 Å². The van der Waals surface area contributed by atoms with E-state index in [4.69, 9.17) is 5.73 Å². The Bertz CT molecular complexity index is 355. The maximum atomic E-state index is 9.38. The van der Waals surface area contributed by atoms with Crippen molar-refractivity contribution in [1.82, 2.24) is 5.32 Å². The fourth-order valence-corrected chi connectivity index (χ4v) is 2.56. The van der Waals surface area contributed by atoms with Gasteiger partial charge in [-0.15, -0.1) is 0 Å². The van der Waals surface area contributed by atoms with Crippen LogP contribution in [0, 0.1) is 0 Å². The van der Waals surface area contributed by atoms with Gasteiger partial charge in [0, 0.05) is 29.5 Å². The van der Waals surface area contributed by atoms with Crippen LogP contribution in [0.5, 0.6) is 0 Å². The average molecular weight is 301 g/mol. The first-order chi connectivity index (χ1) is 7.97. The lowest BCUT2D eigenvalue weighted by atomic mass is 9.84. The molecule has 0 heterocycles. The molecule has 1 atom stereocenters. The third kappa shape index (κ3) is 4.39. The van der Waals surface area contributed by atoms with Gasteiger partial charge >= 0.3 is 0 Å². The fourth-order valence-electron chi connectivity index (χ4n) is 1.74. The number of hydrogen-bond donors (Lipinski definition) is 3. The van der Waals surface area contributed by atoms with E-state index in [9.17, 15) is 5.11 Å². The molecular weight excluding hydrogens is 280 g/mol. The Labute approximate surface area is 112 Å². The Hall–Kier alpha value is -0.420. The van der Waals surface area contributed by atoms with Crippen LogP contribution in [-0.4, -0.2) is 30.8 Å². The molecule has 4 N–H and O–H groups in total. The van der Waals surface area contributed by atoms with E-state index in [2.05, 4.69) is 41.2 Å². The van der Waals surface area contributed by atoms with Gasteiger partial charge < -0.3 is 16.2 Å². The quantitative estimate of drug-likeness (QED) is 0.748. The minimum absolute atomic E-state index is 0.00835. The molecule has 1 unspecified atom stereocenters. The van der Waals surface area contributed by atoms with E-state index < -0.39 is 6.10 Å². The number of halogens is 1. The van der Waals surface area contributed by atoms with Gasteiger partial charge in [-0.25, -0.2) is 0 Å². The molecular formula is C13H21BrN2O. The lowest BCUT2D eigenvalue weighted by molar-refractivity contribution is 0.177. The highest BCUT2D eigenvalue weighted by atomic mass is 79.9. The van der Waals surface area contributed by atoms with E-state index in [1.165, 1.54) is 5.56 Å². The van der Waals surface area contributed by atoms with E-state index in [0.29, 0.717) is 13.1 Å². The number of rotatable bonds is 6. The Morgan fingerprint density at radius 1 is 1.41 bits per heavy atom. The van der Waals surface area contributed by atoms with Gasteiger partial charge in [-0.3, -0.25) is 0 Å². The number of nitrogens with two attached hydrogens (primary N) is 1. The van der Waals surface area contributed by atoms with Crippen molar-refractivity contribution < 1.29 is 5.11 Å². The Balaban J connectivity index is 2.60. The molecule has 0 radical (unpaired) electrons. The topological polar surface area (TPSA) is 58.3 Å². The molecule has 0 aliphatic carbocycles. The number of aliphatic hydroxyl groups excluding tert-OH is 1. The zero-order valence-electron chi connectivity index (χ0n) is 10.4. The highest BCUT2D eigenvalue weighted by Crippen LogP contribution is 2.29. The van der Waals surface area contributed by atoms with Gasteiger partial charge in [0.1, 0.15) is 0 Å². The van der Waals surface area contributed by atoms with E-state index in [1.54, 1.807) is 0 Å². The Kier molecular flexibility index (Phi) is 5.59. The SMILES string of the molecule is CC(C)(CNCC(O)CN)c1ccccc1Br.